The van der Waals surface area contributed by atoms with Gasteiger partial charge >= 0.3 is 0 Å². The Morgan fingerprint density at radius 2 is 2.43 bits per heavy atom. The Kier molecular flexibility index (Phi) is 5.25. The van der Waals surface area contributed by atoms with Crippen molar-refractivity contribution in [1.29, 1.82) is 0 Å². The summed E-state index contributed by atoms with van der Waals surface area (Å²) in [7, 11) is 0. The van der Waals surface area contributed by atoms with Crippen LogP contribution in [0.15, 0.2) is 29.6 Å². The van der Waals surface area contributed by atoms with E-state index in [2.05, 4.69) is 10.3 Å². The number of carbonyl (C=O) groups excluding carboxylic acids is 1. The number of aromatic nitrogens is 1. The molecule has 2 heterocycles. The van der Waals surface area contributed by atoms with Gasteiger partial charge in [0.2, 0.25) is 0 Å². The van der Waals surface area contributed by atoms with Crippen molar-refractivity contribution >= 4 is 17.2 Å². The second-order valence-electron chi connectivity index (χ2n) is 5.34. The molecule has 1 saturated heterocycles. The van der Waals surface area contributed by atoms with Crippen LogP contribution in [0, 0.1) is 0 Å². The maximum atomic E-state index is 12.2. The molecular formula is C17H20N2O3S. The molecule has 0 saturated carbocycles. The van der Waals surface area contributed by atoms with Gasteiger partial charge in [-0.15, -0.1) is 11.3 Å². The molecule has 0 unspecified atom stereocenters. The average Bonchev–Trinajstić information content (AvgIpc) is 3.25. The third kappa shape index (κ3) is 4.09. The highest BCUT2D eigenvalue weighted by molar-refractivity contribution is 7.13. The van der Waals surface area contributed by atoms with Crippen LogP contribution in [0.2, 0.25) is 0 Å². The van der Waals surface area contributed by atoms with E-state index in [-0.39, 0.29) is 12.0 Å². The zero-order chi connectivity index (χ0) is 16.1. The zero-order valence-electron chi connectivity index (χ0n) is 13.1. The molecule has 122 valence electrons. The lowest BCUT2D eigenvalue weighted by atomic mass is 10.2. The molecule has 1 N–H and O–H groups in total. The minimum Gasteiger partial charge on any atom is -0.494 e. The number of carbonyl (C=O) groups is 1. The molecule has 1 fully saturated rings. The van der Waals surface area contributed by atoms with Crippen molar-refractivity contribution in [2.75, 3.05) is 19.8 Å². The predicted molar refractivity (Wildman–Crippen MR) is 90.0 cm³/mol. The average molecular weight is 332 g/mol. The first-order valence-electron chi connectivity index (χ1n) is 7.85. The first-order chi connectivity index (χ1) is 11.3. The molecule has 0 radical (unpaired) electrons. The number of rotatable bonds is 6. The van der Waals surface area contributed by atoms with E-state index in [0.717, 1.165) is 35.8 Å². The molecule has 2 aromatic rings. The van der Waals surface area contributed by atoms with E-state index in [1.54, 1.807) is 5.38 Å². The SMILES string of the molecule is CCOc1cccc(-c2nc(C(=O)NC[C@H]3CCCO3)cs2)c1. The van der Waals surface area contributed by atoms with Crippen LogP contribution in [0.1, 0.15) is 30.3 Å². The number of nitrogens with zero attached hydrogens (tertiary/aromatic N) is 1. The topological polar surface area (TPSA) is 60.5 Å². The number of thiazole rings is 1. The highest BCUT2D eigenvalue weighted by atomic mass is 32.1. The monoisotopic (exact) mass is 332 g/mol. The summed E-state index contributed by atoms with van der Waals surface area (Å²) in [5.74, 6) is 0.661. The first-order valence-corrected chi connectivity index (χ1v) is 8.73. The van der Waals surface area contributed by atoms with Crippen LogP contribution in [-0.2, 0) is 4.74 Å². The van der Waals surface area contributed by atoms with Crippen molar-refractivity contribution < 1.29 is 14.3 Å². The highest BCUT2D eigenvalue weighted by Gasteiger charge is 2.18. The molecule has 5 nitrogen and oxygen atoms in total. The Labute approximate surface area is 139 Å². The molecule has 0 spiro atoms. The summed E-state index contributed by atoms with van der Waals surface area (Å²) in [6.07, 6.45) is 2.21. The second-order valence-corrected chi connectivity index (χ2v) is 6.20. The van der Waals surface area contributed by atoms with Crippen LogP contribution in [0.25, 0.3) is 10.6 Å². The summed E-state index contributed by atoms with van der Waals surface area (Å²) in [4.78, 5) is 16.6. The van der Waals surface area contributed by atoms with Gasteiger partial charge in [-0.2, -0.15) is 0 Å². The fourth-order valence-corrected chi connectivity index (χ4v) is 3.30. The van der Waals surface area contributed by atoms with Crippen LogP contribution < -0.4 is 10.1 Å². The van der Waals surface area contributed by atoms with Gasteiger partial charge in [-0.1, -0.05) is 12.1 Å². The Balaban J connectivity index is 1.64. The van der Waals surface area contributed by atoms with Gasteiger partial charge in [0.25, 0.3) is 5.91 Å². The van der Waals surface area contributed by atoms with E-state index >= 15 is 0 Å². The van der Waals surface area contributed by atoms with Crippen molar-refractivity contribution in [2.24, 2.45) is 0 Å². The Morgan fingerprint density at radius 1 is 1.52 bits per heavy atom. The van der Waals surface area contributed by atoms with Gasteiger partial charge in [-0.05, 0) is 31.9 Å². The normalized spacial score (nSPS) is 17.2. The molecule has 1 aliphatic heterocycles. The van der Waals surface area contributed by atoms with E-state index in [1.165, 1.54) is 11.3 Å². The molecule has 1 amide bonds. The second kappa shape index (κ2) is 7.57. The number of ether oxygens (including phenoxy) is 2. The molecule has 1 atom stereocenters. The third-order valence-corrected chi connectivity index (χ3v) is 4.53. The highest BCUT2D eigenvalue weighted by Crippen LogP contribution is 2.27. The molecule has 6 heteroatoms. The van der Waals surface area contributed by atoms with Gasteiger partial charge < -0.3 is 14.8 Å². The maximum absolute atomic E-state index is 12.2. The number of amides is 1. The molecule has 1 aromatic heterocycles. The largest absolute Gasteiger partial charge is 0.494 e. The van der Waals surface area contributed by atoms with Gasteiger partial charge in [-0.3, -0.25) is 4.79 Å². The van der Waals surface area contributed by atoms with Crippen molar-refractivity contribution in [3.63, 3.8) is 0 Å². The maximum Gasteiger partial charge on any atom is 0.270 e. The van der Waals surface area contributed by atoms with Crippen LogP contribution in [0.4, 0.5) is 0 Å². The summed E-state index contributed by atoms with van der Waals surface area (Å²) < 4.78 is 11.0. The number of benzene rings is 1. The van der Waals surface area contributed by atoms with Crippen molar-refractivity contribution in [3.05, 3.63) is 35.3 Å². The van der Waals surface area contributed by atoms with E-state index in [1.807, 2.05) is 31.2 Å². The van der Waals surface area contributed by atoms with E-state index < -0.39 is 0 Å². The van der Waals surface area contributed by atoms with Crippen molar-refractivity contribution in [2.45, 2.75) is 25.9 Å². The number of hydrogen-bond acceptors (Lipinski definition) is 5. The van der Waals surface area contributed by atoms with Crippen LogP contribution in [0.5, 0.6) is 5.75 Å². The first kappa shape index (κ1) is 16.0. The molecule has 1 aromatic carbocycles. The molecule has 0 bridgehead atoms. The minimum absolute atomic E-state index is 0.139. The molecule has 23 heavy (non-hydrogen) atoms. The van der Waals surface area contributed by atoms with Crippen molar-refractivity contribution in [1.82, 2.24) is 10.3 Å². The van der Waals surface area contributed by atoms with E-state index in [9.17, 15) is 4.79 Å². The van der Waals surface area contributed by atoms with Gasteiger partial charge in [-0.25, -0.2) is 4.98 Å². The van der Waals surface area contributed by atoms with E-state index in [4.69, 9.17) is 9.47 Å². The summed E-state index contributed by atoms with van der Waals surface area (Å²) in [6.45, 7) is 3.91. The van der Waals surface area contributed by atoms with Gasteiger partial charge in [0.05, 0.1) is 12.7 Å². The zero-order valence-corrected chi connectivity index (χ0v) is 13.9. The fraction of sp³-hybridized carbons (Fsp3) is 0.412. The Hall–Kier alpha value is -1.92. The lowest BCUT2D eigenvalue weighted by molar-refractivity contribution is 0.0854. The smallest absolute Gasteiger partial charge is 0.270 e. The third-order valence-electron chi connectivity index (χ3n) is 3.64. The Morgan fingerprint density at radius 3 is 3.22 bits per heavy atom. The standard InChI is InChI=1S/C17H20N2O3S/c1-2-21-13-6-3-5-12(9-13)17-19-15(11-23-17)16(20)18-10-14-7-4-8-22-14/h3,5-6,9,11,14H,2,4,7-8,10H2,1H3,(H,18,20)/t14-/m1/s1. The molecule has 0 aliphatic carbocycles. The summed E-state index contributed by atoms with van der Waals surface area (Å²) in [6, 6.07) is 7.75. The number of hydrogen-bond donors (Lipinski definition) is 1. The lowest BCUT2D eigenvalue weighted by Crippen LogP contribution is -2.31. The summed E-state index contributed by atoms with van der Waals surface area (Å²) in [5, 5.41) is 5.49. The van der Waals surface area contributed by atoms with Crippen LogP contribution >= 0.6 is 11.3 Å². The predicted octanol–water partition coefficient (Wildman–Crippen LogP) is 3.12. The quantitative estimate of drug-likeness (QED) is 0.883. The van der Waals surface area contributed by atoms with Gasteiger partial charge in [0.1, 0.15) is 16.5 Å². The van der Waals surface area contributed by atoms with Crippen LogP contribution in [-0.4, -0.2) is 36.8 Å². The number of nitrogens with one attached hydrogen (secondary N) is 1. The van der Waals surface area contributed by atoms with Gasteiger partial charge in [0, 0.05) is 24.1 Å². The lowest BCUT2D eigenvalue weighted by Gasteiger charge is -2.09. The van der Waals surface area contributed by atoms with Gasteiger partial charge in [0.15, 0.2) is 0 Å². The Bertz CT molecular complexity index is 665. The summed E-state index contributed by atoms with van der Waals surface area (Å²) >= 11 is 1.46. The minimum atomic E-state index is -0.149. The fourth-order valence-electron chi connectivity index (χ4n) is 2.50. The molecule has 3 rings (SSSR count). The van der Waals surface area contributed by atoms with Crippen molar-refractivity contribution in [3.8, 4) is 16.3 Å². The molecular weight excluding hydrogens is 312 g/mol. The summed E-state index contributed by atoms with van der Waals surface area (Å²) in [5.41, 5.74) is 1.41. The van der Waals surface area contributed by atoms with Crippen LogP contribution in [0.3, 0.4) is 0 Å². The van der Waals surface area contributed by atoms with E-state index in [0.29, 0.717) is 18.8 Å². The molecule has 1 aliphatic rings.